The highest BCUT2D eigenvalue weighted by Crippen LogP contribution is 2.23. The number of halogens is 2. The summed E-state index contributed by atoms with van der Waals surface area (Å²) < 4.78 is 5.02. The number of ether oxygens (including phenoxy) is 1. The number of hydrogen-bond acceptors (Lipinski definition) is 4. The first-order valence-corrected chi connectivity index (χ1v) is 6.63. The Morgan fingerprint density at radius 2 is 2.05 bits per heavy atom. The van der Waals surface area contributed by atoms with Crippen molar-refractivity contribution in [1.29, 1.82) is 0 Å². The van der Waals surface area contributed by atoms with Gasteiger partial charge in [0.05, 0.1) is 0 Å². The van der Waals surface area contributed by atoms with Crippen LogP contribution in [-0.4, -0.2) is 38.8 Å². The molecule has 1 aromatic carbocycles. The van der Waals surface area contributed by atoms with Gasteiger partial charge in [-0.1, -0.05) is 6.07 Å². The molecule has 5 nitrogen and oxygen atoms in total. The van der Waals surface area contributed by atoms with Crippen molar-refractivity contribution in [1.82, 2.24) is 0 Å². The SMILES string of the molecule is COC(CN)C(=O)Nc1cccc(N2CCCC2)c1.Cl.Cl. The van der Waals surface area contributed by atoms with Crippen molar-refractivity contribution in [3.05, 3.63) is 24.3 Å². The van der Waals surface area contributed by atoms with E-state index >= 15 is 0 Å². The number of carbonyl (C=O) groups excluding carboxylic acids is 1. The van der Waals surface area contributed by atoms with Gasteiger partial charge in [-0.05, 0) is 31.0 Å². The maximum atomic E-state index is 11.9. The molecule has 0 aliphatic carbocycles. The van der Waals surface area contributed by atoms with Gasteiger partial charge in [-0.2, -0.15) is 0 Å². The molecule has 0 spiro atoms. The maximum Gasteiger partial charge on any atom is 0.254 e. The van der Waals surface area contributed by atoms with Crippen LogP contribution in [0.15, 0.2) is 24.3 Å². The maximum absolute atomic E-state index is 11.9. The van der Waals surface area contributed by atoms with Gasteiger partial charge < -0.3 is 20.7 Å². The fourth-order valence-corrected chi connectivity index (χ4v) is 2.29. The Balaban J connectivity index is 0.00000200. The fourth-order valence-electron chi connectivity index (χ4n) is 2.29. The Kier molecular flexibility index (Phi) is 9.37. The first kappa shape index (κ1) is 20.0. The number of nitrogens with two attached hydrogens (primary N) is 1. The summed E-state index contributed by atoms with van der Waals surface area (Å²) >= 11 is 0. The molecule has 3 N–H and O–H groups in total. The van der Waals surface area contributed by atoms with Crippen molar-refractivity contribution >= 4 is 42.1 Å². The predicted molar refractivity (Wildman–Crippen MR) is 90.9 cm³/mol. The molecule has 120 valence electrons. The molecular weight excluding hydrogens is 313 g/mol. The summed E-state index contributed by atoms with van der Waals surface area (Å²) in [7, 11) is 1.48. The molecule has 1 saturated heterocycles. The average molecular weight is 336 g/mol. The summed E-state index contributed by atoms with van der Waals surface area (Å²) in [6.07, 6.45) is 1.86. The molecule has 21 heavy (non-hydrogen) atoms. The van der Waals surface area contributed by atoms with Crippen LogP contribution in [0.5, 0.6) is 0 Å². The van der Waals surface area contributed by atoms with Gasteiger partial charge in [0.1, 0.15) is 6.10 Å². The van der Waals surface area contributed by atoms with Crippen LogP contribution < -0.4 is 16.0 Å². The van der Waals surface area contributed by atoms with E-state index in [0.717, 1.165) is 24.5 Å². The van der Waals surface area contributed by atoms with Gasteiger partial charge in [-0.15, -0.1) is 24.8 Å². The molecule has 1 aliphatic rings. The van der Waals surface area contributed by atoms with Crippen LogP contribution in [0, 0.1) is 0 Å². The van der Waals surface area contributed by atoms with Crippen LogP contribution in [0.25, 0.3) is 0 Å². The minimum absolute atomic E-state index is 0. The van der Waals surface area contributed by atoms with E-state index in [1.54, 1.807) is 0 Å². The lowest BCUT2D eigenvalue weighted by molar-refractivity contribution is -0.125. The summed E-state index contributed by atoms with van der Waals surface area (Å²) in [5.74, 6) is -0.205. The number of amides is 1. The molecule has 0 bridgehead atoms. The van der Waals surface area contributed by atoms with Crippen LogP contribution in [0.2, 0.25) is 0 Å². The highest BCUT2D eigenvalue weighted by Gasteiger charge is 2.17. The van der Waals surface area contributed by atoms with Crippen molar-refractivity contribution < 1.29 is 9.53 Å². The van der Waals surface area contributed by atoms with Gasteiger partial charge in [0.2, 0.25) is 0 Å². The molecule has 1 fully saturated rings. The number of rotatable bonds is 5. The molecule has 7 heteroatoms. The topological polar surface area (TPSA) is 67.6 Å². The second-order valence-electron chi connectivity index (χ2n) is 4.69. The van der Waals surface area contributed by atoms with Crippen molar-refractivity contribution in [2.24, 2.45) is 5.73 Å². The van der Waals surface area contributed by atoms with Gasteiger partial charge in [-0.25, -0.2) is 0 Å². The Hall–Kier alpha value is -1.01. The molecule has 1 amide bonds. The number of benzene rings is 1. The molecule has 1 aromatic rings. The van der Waals surface area contributed by atoms with Gasteiger partial charge in [0.15, 0.2) is 0 Å². The monoisotopic (exact) mass is 335 g/mol. The van der Waals surface area contributed by atoms with E-state index in [1.807, 2.05) is 18.2 Å². The molecule has 0 radical (unpaired) electrons. The lowest BCUT2D eigenvalue weighted by atomic mass is 10.2. The van der Waals surface area contributed by atoms with E-state index in [2.05, 4.69) is 16.3 Å². The Labute approximate surface area is 138 Å². The van der Waals surface area contributed by atoms with E-state index in [4.69, 9.17) is 10.5 Å². The summed E-state index contributed by atoms with van der Waals surface area (Å²) in [5, 5.41) is 2.84. The van der Waals surface area contributed by atoms with Gasteiger partial charge in [0.25, 0.3) is 5.91 Å². The molecule has 1 unspecified atom stereocenters. The highest BCUT2D eigenvalue weighted by atomic mass is 35.5. The summed E-state index contributed by atoms with van der Waals surface area (Å²) in [4.78, 5) is 14.2. The van der Waals surface area contributed by atoms with E-state index in [0.29, 0.717) is 0 Å². The highest BCUT2D eigenvalue weighted by molar-refractivity contribution is 5.94. The first-order valence-electron chi connectivity index (χ1n) is 6.63. The Bertz CT molecular complexity index is 436. The standard InChI is InChI=1S/C14H21N3O2.2ClH/c1-19-13(10-15)14(18)16-11-5-4-6-12(9-11)17-7-2-3-8-17;;/h4-6,9,13H,2-3,7-8,10,15H2,1H3,(H,16,18);2*1H. The zero-order chi connectivity index (χ0) is 13.7. The Morgan fingerprint density at radius 3 is 2.62 bits per heavy atom. The third kappa shape index (κ3) is 5.36. The van der Waals surface area contributed by atoms with Crippen LogP contribution in [0.1, 0.15) is 12.8 Å². The Morgan fingerprint density at radius 1 is 1.38 bits per heavy atom. The van der Waals surface area contributed by atoms with Gasteiger partial charge in [-0.3, -0.25) is 4.79 Å². The van der Waals surface area contributed by atoms with Crippen molar-refractivity contribution in [2.45, 2.75) is 18.9 Å². The van der Waals surface area contributed by atoms with Crippen molar-refractivity contribution in [3.8, 4) is 0 Å². The molecular formula is C14H23Cl2N3O2. The van der Waals surface area contributed by atoms with Crippen LogP contribution >= 0.6 is 24.8 Å². The van der Waals surface area contributed by atoms with Gasteiger partial charge in [0, 0.05) is 38.1 Å². The van der Waals surface area contributed by atoms with Crippen LogP contribution in [0.4, 0.5) is 11.4 Å². The smallest absolute Gasteiger partial charge is 0.254 e. The summed E-state index contributed by atoms with van der Waals surface area (Å²) in [6.45, 7) is 2.34. The van der Waals surface area contributed by atoms with Crippen molar-refractivity contribution in [2.75, 3.05) is 37.0 Å². The average Bonchev–Trinajstić information content (AvgIpc) is 2.94. The molecule has 0 aromatic heterocycles. The minimum Gasteiger partial charge on any atom is -0.371 e. The second-order valence-corrected chi connectivity index (χ2v) is 4.69. The van der Waals surface area contributed by atoms with Crippen LogP contribution in [0.3, 0.4) is 0 Å². The number of anilines is 2. The van der Waals surface area contributed by atoms with Gasteiger partial charge >= 0.3 is 0 Å². The van der Waals surface area contributed by atoms with E-state index in [9.17, 15) is 4.79 Å². The number of hydrogen-bond donors (Lipinski definition) is 2. The minimum atomic E-state index is -0.601. The normalized spacial score (nSPS) is 14.9. The molecule has 1 aliphatic heterocycles. The lowest BCUT2D eigenvalue weighted by Gasteiger charge is -2.19. The molecule has 2 rings (SSSR count). The third-order valence-corrected chi connectivity index (χ3v) is 3.38. The molecule has 1 atom stereocenters. The zero-order valence-electron chi connectivity index (χ0n) is 12.1. The lowest BCUT2D eigenvalue weighted by Crippen LogP contribution is -2.35. The molecule has 0 saturated carbocycles. The summed E-state index contributed by atoms with van der Waals surface area (Å²) in [6, 6.07) is 7.89. The van der Waals surface area contributed by atoms with Crippen LogP contribution in [-0.2, 0) is 9.53 Å². The third-order valence-electron chi connectivity index (χ3n) is 3.38. The largest absolute Gasteiger partial charge is 0.371 e. The number of methoxy groups -OCH3 is 1. The first-order chi connectivity index (χ1) is 9.24. The summed E-state index contributed by atoms with van der Waals surface area (Å²) in [5.41, 5.74) is 7.41. The fraction of sp³-hybridized carbons (Fsp3) is 0.500. The quantitative estimate of drug-likeness (QED) is 0.864. The van der Waals surface area contributed by atoms with E-state index in [-0.39, 0.29) is 37.3 Å². The number of nitrogens with one attached hydrogen (secondary N) is 1. The number of carbonyl (C=O) groups is 1. The second kappa shape index (κ2) is 9.84. The zero-order valence-corrected chi connectivity index (χ0v) is 13.7. The van der Waals surface area contributed by atoms with Crippen molar-refractivity contribution in [3.63, 3.8) is 0 Å². The number of nitrogens with zero attached hydrogens (tertiary/aromatic N) is 1. The van der Waals surface area contributed by atoms with E-state index in [1.165, 1.54) is 20.0 Å². The van der Waals surface area contributed by atoms with E-state index < -0.39 is 6.10 Å². The molecule has 1 heterocycles. The predicted octanol–water partition coefficient (Wildman–Crippen LogP) is 2.04.